The Kier molecular flexibility index (Phi) is 5.19. The second-order valence-electron chi connectivity index (χ2n) is 6.93. The van der Waals surface area contributed by atoms with Gasteiger partial charge < -0.3 is 14.8 Å². The van der Waals surface area contributed by atoms with Crippen LogP contribution in [0.5, 0.6) is 0 Å². The number of hydrogen-bond donors (Lipinski definition) is 1. The van der Waals surface area contributed by atoms with Gasteiger partial charge in [0.15, 0.2) is 0 Å². The van der Waals surface area contributed by atoms with Crippen molar-refractivity contribution >= 4 is 16.9 Å². The molecule has 1 fully saturated rings. The number of fused-ring (bicyclic) bond motifs is 1. The number of aromatic nitrogens is 2. The fourth-order valence-electron chi connectivity index (χ4n) is 3.55. The van der Waals surface area contributed by atoms with Crippen molar-refractivity contribution in [1.82, 2.24) is 19.8 Å². The summed E-state index contributed by atoms with van der Waals surface area (Å²) in [6.07, 6.45) is 2.90. The number of piperidine rings is 1. The molecule has 24 heavy (non-hydrogen) atoms. The normalized spacial score (nSPS) is 16.8. The minimum atomic E-state index is 0.0934. The molecule has 1 aliphatic heterocycles. The van der Waals surface area contributed by atoms with Gasteiger partial charge in [0.05, 0.1) is 11.0 Å². The number of nitrogens with one attached hydrogen (secondary N) is 1. The first-order chi connectivity index (χ1) is 11.6. The number of amides is 1. The maximum atomic E-state index is 12.5. The van der Waals surface area contributed by atoms with Crippen molar-refractivity contribution in [3.8, 4) is 0 Å². The highest BCUT2D eigenvalue weighted by Gasteiger charge is 2.22. The molecule has 2 aromatic rings. The second-order valence-corrected chi connectivity index (χ2v) is 6.93. The maximum absolute atomic E-state index is 12.5. The van der Waals surface area contributed by atoms with Crippen molar-refractivity contribution in [2.75, 3.05) is 13.1 Å². The van der Waals surface area contributed by atoms with E-state index in [0.717, 1.165) is 49.2 Å². The van der Waals surface area contributed by atoms with Gasteiger partial charge in [0.1, 0.15) is 12.4 Å². The Balaban J connectivity index is 1.64. The lowest BCUT2D eigenvalue weighted by Gasteiger charge is -2.34. The number of aryl methyl sites for hydroxylation is 1. The highest BCUT2D eigenvalue weighted by Crippen LogP contribution is 2.17. The number of hydrogen-bond acceptors (Lipinski definition) is 3. The lowest BCUT2D eigenvalue weighted by molar-refractivity contribution is -0.122. The lowest BCUT2D eigenvalue weighted by atomic mass is 10.0. The van der Waals surface area contributed by atoms with Crippen LogP contribution in [0.3, 0.4) is 0 Å². The van der Waals surface area contributed by atoms with Crippen LogP contribution in [0.4, 0.5) is 0 Å². The van der Waals surface area contributed by atoms with Crippen LogP contribution >= 0.6 is 0 Å². The number of benzene rings is 1. The Morgan fingerprint density at radius 2 is 2.00 bits per heavy atom. The Morgan fingerprint density at radius 1 is 1.29 bits per heavy atom. The first-order valence-electron chi connectivity index (χ1n) is 9.06. The molecule has 3 rings (SSSR count). The van der Waals surface area contributed by atoms with Gasteiger partial charge in [-0.05, 0) is 38.8 Å². The third kappa shape index (κ3) is 3.61. The smallest absolute Gasteiger partial charge is 0.240 e. The van der Waals surface area contributed by atoms with Gasteiger partial charge in [0.25, 0.3) is 0 Å². The molecule has 1 aromatic heterocycles. The highest BCUT2D eigenvalue weighted by atomic mass is 16.2. The zero-order chi connectivity index (χ0) is 17.1. The predicted molar refractivity (Wildman–Crippen MR) is 97.0 cm³/mol. The Bertz CT molecular complexity index is 698. The van der Waals surface area contributed by atoms with E-state index in [9.17, 15) is 4.79 Å². The average molecular weight is 328 g/mol. The minimum Gasteiger partial charge on any atom is -0.352 e. The van der Waals surface area contributed by atoms with Gasteiger partial charge in [-0.1, -0.05) is 19.1 Å². The number of nitrogens with zero attached hydrogens (tertiary/aromatic N) is 3. The quantitative estimate of drug-likeness (QED) is 0.918. The topological polar surface area (TPSA) is 50.2 Å². The monoisotopic (exact) mass is 328 g/mol. The van der Waals surface area contributed by atoms with E-state index in [1.807, 2.05) is 28.8 Å². The molecule has 1 aromatic carbocycles. The first kappa shape index (κ1) is 17.0. The molecule has 2 heterocycles. The highest BCUT2D eigenvalue weighted by molar-refractivity contribution is 5.81. The summed E-state index contributed by atoms with van der Waals surface area (Å²) in [5.41, 5.74) is 2.01. The number of carbonyl (C=O) groups is 1. The van der Waals surface area contributed by atoms with Gasteiger partial charge >= 0.3 is 0 Å². The number of imidazole rings is 1. The number of carbonyl (C=O) groups excluding carboxylic acids is 1. The zero-order valence-corrected chi connectivity index (χ0v) is 15.0. The van der Waals surface area contributed by atoms with E-state index in [4.69, 9.17) is 0 Å². The van der Waals surface area contributed by atoms with E-state index < -0.39 is 0 Å². The van der Waals surface area contributed by atoms with Gasteiger partial charge in [0.2, 0.25) is 5.91 Å². The van der Waals surface area contributed by atoms with Gasteiger partial charge in [-0.2, -0.15) is 0 Å². The summed E-state index contributed by atoms with van der Waals surface area (Å²) in [7, 11) is 0. The van der Waals surface area contributed by atoms with Crippen LogP contribution < -0.4 is 5.32 Å². The van der Waals surface area contributed by atoms with E-state index in [0.29, 0.717) is 18.6 Å². The Labute approximate surface area is 144 Å². The summed E-state index contributed by atoms with van der Waals surface area (Å²) < 4.78 is 2.05. The molecular formula is C19H28N4O. The molecule has 0 aliphatic carbocycles. The van der Waals surface area contributed by atoms with E-state index in [1.54, 1.807) is 0 Å². The van der Waals surface area contributed by atoms with Gasteiger partial charge in [0, 0.05) is 31.6 Å². The SMILES string of the molecule is CCc1nc2ccccc2n1CC(=O)NC1CCN(C(C)C)CC1. The molecule has 1 N–H and O–H groups in total. The van der Waals surface area contributed by atoms with Crippen molar-refractivity contribution < 1.29 is 4.79 Å². The number of para-hydroxylation sites is 2. The van der Waals surface area contributed by atoms with Gasteiger partial charge in [-0.3, -0.25) is 4.79 Å². The van der Waals surface area contributed by atoms with Crippen LogP contribution in [0.15, 0.2) is 24.3 Å². The van der Waals surface area contributed by atoms with Crippen molar-refractivity contribution in [3.05, 3.63) is 30.1 Å². The third-order valence-electron chi connectivity index (χ3n) is 4.98. The largest absolute Gasteiger partial charge is 0.352 e. The molecule has 5 heteroatoms. The summed E-state index contributed by atoms with van der Waals surface area (Å²) >= 11 is 0. The molecule has 0 unspecified atom stereocenters. The third-order valence-corrected chi connectivity index (χ3v) is 4.98. The predicted octanol–water partition coefficient (Wildman–Crippen LogP) is 2.59. The van der Waals surface area contributed by atoms with Crippen molar-refractivity contribution in [3.63, 3.8) is 0 Å². The number of likely N-dealkylation sites (tertiary alicyclic amines) is 1. The standard InChI is InChI=1S/C19H28N4O/c1-4-18-21-16-7-5-6-8-17(16)23(18)13-19(24)20-15-9-11-22(12-10-15)14(2)3/h5-8,14-15H,4,9-13H2,1-3H3,(H,20,24). The molecule has 1 saturated heterocycles. The first-order valence-corrected chi connectivity index (χ1v) is 9.06. The Hall–Kier alpha value is -1.88. The Morgan fingerprint density at radius 3 is 2.67 bits per heavy atom. The summed E-state index contributed by atoms with van der Waals surface area (Å²) in [5, 5.41) is 3.22. The van der Waals surface area contributed by atoms with Gasteiger partial charge in [-0.15, -0.1) is 0 Å². The molecule has 0 spiro atoms. The molecule has 130 valence electrons. The second kappa shape index (κ2) is 7.34. The molecule has 5 nitrogen and oxygen atoms in total. The molecule has 0 atom stereocenters. The summed E-state index contributed by atoms with van der Waals surface area (Å²) in [5.74, 6) is 1.07. The van der Waals surface area contributed by atoms with E-state index in [1.165, 1.54) is 0 Å². The van der Waals surface area contributed by atoms with Crippen LogP contribution in [-0.4, -0.2) is 45.5 Å². The van der Waals surface area contributed by atoms with Crippen LogP contribution in [0.2, 0.25) is 0 Å². The fourth-order valence-corrected chi connectivity index (χ4v) is 3.55. The zero-order valence-electron chi connectivity index (χ0n) is 15.0. The van der Waals surface area contributed by atoms with E-state index >= 15 is 0 Å². The maximum Gasteiger partial charge on any atom is 0.240 e. The molecular weight excluding hydrogens is 300 g/mol. The molecule has 1 aliphatic rings. The van der Waals surface area contributed by atoms with Crippen LogP contribution in [0.1, 0.15) is 39.4 Å². The van der Waals surface area contributed by atoms with E-state index in [-0.39, 0.29) is 5.91 Å². The van der Waals surface area contributed by atoms with Crippen LogP contribution in [0, 0.1) is 0 Å². The van der Waals surface area contributed by atoms with E-state index in [2.05, 4.69) is 36.0 Å². The van der Waals surface area contributed by atoms with Crippen molar-refractivity contribution in [1.29, 1.82) is 0 Å². The fraction of sp³-hybridized carbons (Fsp3) is 0.579. The number of rotatable bonds is 5. The summed E-state index contributed by atoms with van der Waals surface area (Å²) in [4.78, 5) is 19.6. The van der Waals surface area contributed by atoms with Gasteiger partial charge in [-0.25, -0.2) is 4.98 Å². The van der Waals surface area contributed by atoms with Crippen molar-refractivity contribution in [2.24, 2.45) is 0 Å². The van der Waals surface area contributed by atoms with Crippen LogP contribution in [0.25, 0.3) is 11.0 Å². The minimum absolute atomic E-state index is 0.0934. The summed E-state index contributed by atoms with van der Waals surface area (Å²) in [6, 6.07) is 8.92. The molecule has 0 saturated carbocycles. The summed E-state index contributed by atoms with van der Waals surface area (Å²) in [6.45, 7) is 9.03. The van der Waals surface area contributed by atoms with Crippen molar-refractivity contribution in [2.45, 2.75) is 58.7 Å². The molecule has 0 bridgehead atoms. The molecule has 0 radical (unpaired) electrons. The molecule has 1 amide bonds. The van der Waals surface area contributed by atoms with Crippen LogP contribution in [-0.2, 0) is 17.8 Å². The lowest BCUT2D eigenvalue weighted by Crippen LogP contribution is -2.47. The average Bonchev–Trinajstić information content (AvgIpc) is 2.93.